The third kappa shape index (κ3) is 7.33. The molecule has 0 aromatic heterocycles. The van der Waals surface area contributed by atoms with E-state index in [2.05, 4.69) is 15.6 Å². The lowest BCUT2D eigenvalue weighted by molar-refractivity contribution is 0.472. The number of primary sulfonamides is 1. The van der Waals surface area contributed by atoms with Crippen LogP contribution in [0.3, 0.4) is 0 Å². The Morgan fingerprint density at radius 1 is 1.15 bits per heavy atom. The fraction of sp³-hybridized carbons (Fsp3) is 0.632. The van der Waals surface area contributed by atoms with Crippen molar-refractivity contribution in [3.8, 4) is 0 Å². The number of unbranched alkanes of at least 4 members (excludes halogenated alkanes) is 1. The molecule has 1 aliphatic carbocycles. The molecule has 1 aliphatic rings. The number of nitrogens with zero attached hydrogens (tertiary/aromatic N) is 1. The van der Waals surface area contributed by atoms with Gasteiger partial charge in [-0.25, -0.2) is 18.5 Å². The van der Waals surface area contributed by atoms with Crippen LogP contribution in [0.1, 0.15) is 57.4 Å². The first-order valence-corrected chi connectivity index (χ1v) is 11.2. The summed E-state index contributed by atoms with van der Waals surface area (Å²) >= 11 is 0. The molecule has 7 heteroatoms. The molecule has 0 unspecified atom stereocenters. The number of aliphatic imine (C=N–C) groups is 1. The van der Waals surface area contributed by atoms with Crippen LogP contribution in [0.4, 0.5) is 0 Å². The van der Waals surface area contributed by atoms with E-state index in [1.54, 1.807) is 12.1 Å². The van der Waals surface area contributed by atoms with Gasteiger partial charge in [-0.1, -0.05) is 50.7 Å². The second kappa shape index (κ2) is 10.5. The molecule has 0 amide bonds. The van der Waals surface area contributed by atoms with Gasteiger partial charge in [0.05, 0.1) is 11.4 Å². The van der Waals surface area contributed by atoms with E-state index in [0.29, 0.717) is 6.54 Å². The number of hydrogen-bond acceptors (Lipinski definition) is 3. The van der Waals surface area contributed by atoms with Crippen molar-refractivity contribution in [2.24, 2.45) is 16.0 Å². The molecule has 6 nitrogen and oxygen atoms in total. The van der Waals surface area contributed by atoms with Crippen LogP contribution in [0.25, 0.3) is 0 Å². The minimum atomic E-state index is -3.64. The van der Waals surface area contributed by atoms with Crippen molar-refractivity contribution < 1.29 is 8.42 Å². The lowest BCUT2D eigenvalue weighted by Crippen LogP contribution is -2.37. The Bertz CT molecular complexity index is 665. The first-order valence-electron chi connectivity index (χ1n) is 9.63. The first kappa shape index (κ1) is 20.7. The summed E-state index contributed by atoms with van der Waals surface area (Å²) < 4.78 is 22.6. The van der Waals surface area contributed by atoms with Crippen LogP contribution >= 0.6 is 0 Å². The summed E-state index contributed by atoms with van der Waals surface area (Å²) in [7, 11) is -3.64. The average molecular weight is 381 g/mol. The lowest BCUT2D eigenvalue weighted by Gasteiger charge is -2.12. The number of rotatable bonds is 9. The van der Waals surface area contributed by atoms with Crippen molar-refractivity contribution in [3.05, 3.63) is 29.8 Å². The Morgan fingerprint density at radius 2 is 1.85 bits per heavy atom. The second-order valence-corrected chi connectivity index (χ2v) is 8.52. The standard InChI is InChI=1S/C19H32N4O2S/c1-2-21-19(22-14-6-5-9-16-7-3-4-8-16)23-15-17-10-12-18(13-11-17)26(20,24)25/h10-13,16H,2-9,14-15H2,1H3,(H2,20,24,25)(H2,21,22,23). The Balaban J connectivity index is 1.76. The molecule has 2 rings (SSSR count). The Hall–Kier alpha value is -1.60. The van der Waals surface area contributed by atoms with Gasteiger partial charge in [-0.3, -0.25) is 0 Å². The maximum atomic E-state index is 11.3. The molecule has 0 heterocycles. The SMILES string of the molecule is CCNC(=NCc1ccc(S(N)(=O)=O)cc1)NCCCCC1CCCC1. The third-order valence-electron chi connectivity index (χ3n) is 4.82. The van der Waals surface area contributed by atoms with E-state index in [1.807, 2.05) is 6.92 Å². The summed E-state index contributed by atoms with van der Waals surface area (Å²) in [4.78, 5) is 4.69. The largest absolute Gasteiger partial charge is 0.357 e. The highest BCUT2D eigenvalue weighted by Crippen LogP contribution is 2.28. The van der Waals surface area contributed by atoms with Crippen LogP contribution in [-0.4, -0.2) is 27.5 Å². The minimum absolute atomic E-state index is 0.123. The molecular formula is C19H32N4O2S. The number of nitrogens with two attached hydrogens (primary N) is 1. The number of nitrogens with one attached hydrogen (secondary N) is 2. The maximum Gasteiger partial charge on any atom is 0.238 e. The summed E-state index contributed by atoms with van der Waals surface area (Å²) in [5.74, 6) is 1.75. The molecule has 0 atom stereocenters. The molecule has 0 saturated heterocycles. The normalized spacial score (nSPS) is 16.0. The Kier molecular flexibility index (Phi) is 8.38. The van der Waals surface area contributed by atoms with Gasteiger partial charge in [0.25, 0.3) is 0 Å². The summed E-state index contributed by atoms with van der Waals surface area (Å²) in [6.45, 7) is 4.25. The van der Waals surface area contributed by atoms with Gasteiger partial charge in [0.2, 0.25) is 10.0 Å². The van der Waals surface area contributed by atoms with E-state index in [-0.39, 0.29) is 4.90 Å². The van der Waals surface area contributed by atoms with E-state index in [4.69, 9.17) is 5.14 Å². The molecule has 1 aromatic rings. The van der Waals surface area contributed by atoms with Crippen LogP contribution < -0.4 is 15.8 Å². The average Bonchev–Trinajstić information content (AvgIpc) is 3.12. The molecule has 0 spiro atoms. The maximum absolute atomic E-state index is 11.3. The van der Waals surface area contributed by atoms with Gasteiger partial charge >= 0.3 is 0 Å². The first-order chi connectivity index (χ1) is 12.5. The van der Waals surface area contributed by atoms with Gasteiger partial charge in [0, 0.05) is 13.1 Å². The number of sulfonamides is 1. The van der Waals surface area contributed by atoms with E-state index in [1.165, 1.54) is 50.7 Å². The van der Waals surface area contributed by atoms with Crippen LogP contribution in [0.5, 0.6) is 0 Å². The summed E-state index contributed by atoms with van der Waals surface area (Å²) in [5.41, 5.74) is 0.941. The van der Waals surface area contributed by atoms with Gasteiger partial charge in [-0.05, 0) is 37.0 Å². The van der Waals surface area contributed by atoms with E-state index in [9.17, 15) is 8.42 Å². The Labute approximate surface area is 157 Å². The quantitative estimate of drug-likeness (QED) is 0.349. The third-order valence-corrected chi connectivity index (χ3v) is 5.75. The molecule has 0 radical (unpaired) electrons. The zero-order valence-corrected chi connectivity index (χ0v) is 16.5. The van der Waals surface area contributed by atoms with Crippen molar-refractivity contribution in [1.82, 2.24) is 10.6 Å². The number of benzene rings is 1. The predicted molar refractivity (Wildman–Crippen MR) is 106 cm³/mol. The second-order valence-electron chi connectivity index (χ2n) is 6.96. The van der Waals surface area contributed by atoms with Crippen molar-refractivity contribution in [1.29, 1.82) is 0 Å². The van der Waals surface area contributed by atoms with Gasteiger partial charge in [0.1, 0.15) is 0 Å². The summed E-state index contributed by atoms with van der Waals surface area (Å²) in [6, 6.07) is 6.52. The van der Waals surface area contributed by atoms with Crippen molar-refractivity contribution in [3.63, 3.8) is 0 Å². The molecular weight excluding hydrogens is 348 g/mol. The van der Waals surface area contributed by atoms with Gasteiger partial charge in [0.15, 0.2) is 5.96 Å². The number of hydrogen-bond donors (Lipinski definition) is 3. The molecule has 1 saturated carbocycles. The monoisotopic (exact) mass is 380 g/mol. The Morgan fingerprint density at radius 3 is 2.46 bits per heavy atom. The van der Waals surface area contributed by atoms with E-state index >= 15 is 0 Å². The molecule has 0 aliphatic heterocycles. The van der Waals surface area contributed by atoms with E-state index in [0.717, 1.165) is 37.0 Å². The highest BCUT2D eigenvalue weighted by Gasteiger charge is 2.13. The fourth-order valence-corrected chi connectivity index (χ4v) is 3.88. The van der Waals surface area contributed by atoms with Crippen LogP contribution in [-0.2, 0) is 16.6 Å². The van der Waals surface area contributed by atoms with Gasteiger partial charge in [-0.15, -0.1) is 0 Å². The molecule has 26 heavy (non-hydrogen) atoms. The van der Waals surface area contributed by atoms with Crippen LogP contribution in [0.15, 0.2) is 34.2 Å². The highest BCUT2D eigenvalue weighted by atomic mass is 32.2. The molecule has 1 aromatic carbocycles. The lowest BCUT2D eigenvalue weighted by atomic mass is 10.0. The molecule has 4 N–H and O–H groups in total. The summed E-state index contributed by atoms with van der Waals surface area (Å²) in [6.07, 6.45) is 9.45. The van der Waals surface area contributed by atoms with Gasteiger partial charge < -0.3 is 10.6 Å². The fourth-order valence-electron chi connectivity index (χ4n) is 3.36. The smallest absolute Gasteiger partial charge is 0.238 e. The topological polar surface area (TPSA) is 96.6 Å². The van der Waals surface area contributed by atoms with Crippen molar-refractivity contribution >= 4 is 16.0 Å². The molecule has 1 fully saturated rings. The summed E-state index contributed by atoms with van der Waals surface area (Å²) in [5, 5.41) is 11.7. The van der Waals surface area contributed by atoms with Crippen molar-refractivity contribution in [2.45, 2.75) is 63.3 Å². The molecule has 146 valence electrons. The zero-order valence-electron chi connectivity index (χ0n) is 15.7. The number of guanidine groups is 1. The van der Waals surface area contributed by atoms with E-state index < -0.39 is 10.0 Å². The van der Waals surface area contributed by atoms with Crippen LogP contribution in [0.2, 0.25) is 0 Å². The molecule has 0 bridgehead atoms. The minimum Gasteiger partial charge on any atom is -0.357 e. The van der Waals surface area contributed by atoms with Crippen LogP contribution in [0, 0.1) is 5.92 Å². The highest BCUT2D eigenvalue weighted by molar-refractivity contribution is 7.89. The zero-order chi connectivity index (χ0) is 18.8. The predicted octanol–water partition coefficient (Wildman–Crippen LogP) is 2.75. The van der Waals surface area contributed by atoms with Crippen molar-refractivity contribution in [2.75, 3.05) is 13.1 Å². The van der Waals surface area contributed by atoms with Gasteiger partial charge in [-0.2, -0.15) is 0 Å².